The third-order valence-electron chi connectivity index (χ3n) is 1.30. The van der Waals surface area contributed by atoms with E-state index in [1.54, 1.807) is 0 Å². The topological polar surface area (TPSA) is 65.5 Å². The minimum absolute atomic E-state index is 0. The zero-order valence-corrected chi connectivity index (χ0v) is 7.75. The molecule has 68 valence electrons. The Hall–Kier alpha value is -1.31. The second kappa shape index (κ2) is 4.65. The number of nitrogens with zero attached hydrogens (tertiary/aromatic N) is 2. The van der Waals surface area contributed by atoms with Crippen molar-refractivity contribution in [1.29, 1.82) is 5.39 Å². The first-order chi connectivity index (χ1) is 5.65. The zero-order valence-electron chi connectivity index (χ0n) is 6.24. The summed E-state index contributed by atoms with van der Waals surface area (Å²) in [6, 6.07) is 3.96. The average molecular weight is 219 g/mol. The first kappa shape index (κ1) is 11.7. The monoisotopic (exact) mass is 218 g/mol. The highest BCUT2D eigenvalue weighted by molar-refractivity contribution is 6.33. The van der Waals surface area contributed by atoms with Gasteiger partial charge in [-0.2, -0.15) is 0 Å². The van der Waals surface area contributed by atoms with E-state index in [2.05, 4.69) is 4.98 Å². The number of benzene rings is 1. The molecule has 0 atom stereocenters. The van der Waals surface area contributed by atoms with Gasteiger partial charge in [0, 0.05) is 12.1 Å². The molecule has 0 amide bonds. The fourth-order valence-corrected chi connectivity index (χ4v) is 0.938. The van der Waals surface area contributed by atoms with Crippen molar-refractivity contribution in [1.82, 2.24) is 0 Å². The molecule has 1 aromatic carbocycles. The van der Waals surface area contributed by atoms with Gasteiger partial charge in [0.2, 0.25) is 5.39 Å². The average Bonchev–Trinajstić information content (AvgIpc) is 2.05. The Morgan fingerprint density at radius 2 is 2.15 bits per heavy atom. The molecule has 0 saturated heterocycles. The summed E-state index contributed by atoms with van der Waals surface area (Å²) in [5.41, 5.74) is 0.0868. The molecule has 0 aliphatic heterocycles. The van der Waals surface area contributed by atoms with Crippen LogP contribution in [0.1, 0.15) is 10.4 Å². The van der Waals surface area contributed by atoms with E-state index in [1.165, 1.54) is 18.2 Å². The van der Waals surface area contributed by atoms with Crippen molar-refractivity contribution < 1.29 is 22.3 Å². The summed E-state index contributed by atoms with van der Waals surface area (Å²) in [7, 11) is 0. The molecule has 0 aliphatic carbocycles. The molecule has 0 unspecified atom stereocenters. The van der Waals surface area contributed by atoms with Crippen molar-refractivity contribution in [2.75, 3.05) is 0 Å². The Morgan fingerprint density at radius 1 is 1.54 bits per heavy atom. The molecule has 0 saturated carbocycles. The van der Waals surface area contributed by atoms with E-state index >= 15 is 0 Å². The molecule has 1 aromatic rings. The maximum Gasteiger partial charge on any atom is 0.386 e. The molecular weight excluding hydrogens is 215 g/mol. The van der Waals surface area contributed by atoms with Crippen LogP contribution < -0.4 is 12.4 Å². The lowest BCUT2D eigenvalue weighted by molar-refractivity contribution is -0.0000182. The maximum atomic E-state index is 10.5. The molecule has 4 nitrogen and oxygen atoms in total. The van der Waals surface area contributed by atoms with Crippen LogP contribution in [0.5, 0.6) is 0 Å². The molecule has 0 heterocycles. The first-order valence-electron chi connectivity index (χ1n) is 3.03. The molecule has 1 N–H and O–H groups in total. The number of rotatable bonds is 1. The van der Waals surface area contributed by atoms with Crippen LogP contribution in [0.4, 0.5) is 5.69 Å². The van der Waals surface area contributed by atoms with Gasteiger partial charge in [-0.1, -0.05) is 11.6 Å². The van der Waals surface area contributed by atoms with Gasteiger partial charge in [0.25, 0.3) is 0 Å². The molecule has 0 spiro atoms. The summed E-state index contributed by atoms with van der Waals surface area (Å²) in [6.07, 6.45) is 0. The molecule has 1 rings (SSSR count). The van der Waals surface area contributed by atoms with Gasteiger partial charge >= 0.3 is 11.7 Å². The fraction of sp³-hybridized carbons (Fsp3) is 0. The van der Waals surface area contributed by atoms with Crippen LogP contribution in [0.25, 0.3) is 4.98 Å². The minimum Gasteiger partial charge on any atom is -1.00 e. The van der Waals surface area contributed by atoms with Crippen LogP contribution in [0.2, 0.25) is 5.02 Å². The molecule has 6 heteroatoms. The number of aromatic carboxylic acids is 1. The Labute approximate surface area is 85.2 Å². The van der Waals surface area contributed by atoms with E-state index in [9.17, 15) is 4.79 Å². The number of carbonyl (C=O) groups is 1. The lowest BCUT2D eigenvalue weighted by atomic mass is 10.2. The van der Waals surface area contributed by atoms with E-state index in [-0.39, 0.29) is 28.7 Å². The predicted octanol–water partition coefficient (Wildman–Crippen LogP) is -0.473. The third kappa shape index (κ3) is 2.58. The summed E-state index contributed by atoms with van der Waals surface area (Å²) in [4.78, 5) is 13.3. The highest BCUT2D eigenvalue weighted by Crippen LogP contribution is 2.22. The van der Waals surface area contributed by atoms with Crippen molar-refractivity contribution in [2.24, 2.45) is 0 Å². The van der Waals surface area contributed by atoms with Crippen molar-refractivity contribution in [3.63, 3.8) is 0 Å². The van der Waals surface area contributed by atoms with Gasteiger partial charge in [0.1, 0.15) is 0 Å². The number of diazo groups is 1. The maximum absolute atomic E-state index is 10.5. The summed E-state index contributed by atoms with van der Waals surface area (Å²) in [6.45, 7) is 0. The van der Waals surface area contributed by atoms with E-state index in [1.807, 2.05) is 0 Å². The number of hydrogen-bond donors (Lipinski definition) is 1. The van der Waals surface area contributed by atoms with Gasteiger partial charge in [-0.25, -0.2) is 4.79 Å². The van der Waals surface area contributed by atoms with Crippen molar-refractivity contribution >= 4 is 23.3 Å². The van der Waals surface area contributed by atoms with E-state index < -0.39 is 5.97 Å². The van der Waals surface area contributed by atoms with E-state index in [4.69, 9.17) is 22.1 Å². The van der Waals surface area contributed by atoms with Crippen molar-refractivity contribution in [3.05, 3.63) is 33.8 Å². The summed E-state index contributed by atoms with van der Waals surface area (Å²) >= 11 is 5.54. The second-order valence-electron chi connectivity index (χ2n) is 2.07. The first-order valence-corrected chi connectivity index (χ1v) is 3.41. The quantitative estimate of drug-likeness (QED) is 0.649. The summed E-state index contributed by atoms with van der Waals surface area (Å²) < 4.78 is 0. The second-order valence-corrected chi connectivity index (χ2v) is 2.48. The molecular formula is C7H4Cl2N2O2. The van der Waals surface area contributed by atoms with Crippen LogP contribution in [0.3, 0.4) is 0 Å². The lowest BCUT2D eigenvalue weighted by Gasteiger charge is -1.92. The van der Waals surface area contributed by atoms with E-state index in [0.29, 0.717) is 0 Å². The largest absolute Gasteiger partial charge is 1.00 e. The summed E-state index contributed by atoms with van der Waals surface area (Å²) in [5.74, 6) is -1.15. The Bertz CT molecular complexity index is 373. The van der Waals surface area contributed by atoms with Crippen LogP contribution in [-0.4, -0.2) is 11.1 Å². The molecule has 0 fully saturated rings. The van der Waals surface area contributed by atoms with Gasteiger partial charge < -0.3 is 17.5 Å². The van der Waals surface area contributed by atoms with E-state index in [0.717, 1.165) is 0 Å². The molecule has 0 radical (unpaired) electrons. The van der Waals surface area contributed by atoms with Crippen LogP contribution in [-0.2, 0) is 0 Å². The third-order valence-corrected chi connectivity index (χ3v) is 1.63. The van der Waals surface area contributed by atoms with Gasteiger partial charge in [-0.05, 0) is 6.07 Å². The van der Waals surface area contributed by atoms with Crippen LogP contribution >= 0.6 is 11.6 Å². The predicted molar refractivity (Wildman–Crippen MR) is 43.2 cm³/mol. The highest BCUT2D eigenvalue weighted by Gasteiger charge is 2.14. The number of carboxylic acid groups (broad SMARTS) is 1. The summed E-state index contributed by atoms with van der Waals surface area (Å²) in [5, 5.41) is 17.0. The fourth-order valence-electron chi connectivity index (χ4n) is 0.739. The standard InChI is InChI=1S/C7H3ClN2O2.ClH/c8-6-2-1-4(10-9)3-5(6)7(11)12;/h1-3H;1H. The number of carboxylic acids is 1. The van der Waals surface area contributed by atoms with Gasteiger partial charge in [-0.15, -0.1) is 0 Å². The van der Waals surface area contributed by atoms with Crippen molar-refractivity contribution in [3.8, 4) is 0 Å². The zero-order chi connectivity index (χ0) is 9.14. The molecule has 0 bridgehead atoms. The van der Waals surface area contributed by atoms with Gasteiger partial charge in [0.15, 0.2) is 4.98 Å². The minimum atomic E-state index is -1.15. The SMILES string of the molecule is N#[N+]c1ccc(Cl)c(C(=O)O)c1.[Cl-]. The Morgan fingerprint density at radius 3 is 2.62 bits per heavy atom. The molecule has 13 heavy (non-hydrogen) atoms. The Balaban J connectivity index is 0.00000144. The number of halogens is 2. The Kier molecular flexibility index (Phi) is 4.18. The molecule has 0 aliphatic rings. The van der Waals surface area contributed by atoms with Crippen molar-refractivity contribution in [2.45, 2.75) is 0 Å². The van der Waals surface area contributed by atoms with Gasteiger partial charge in [0.05, 0.1) is 10.6 Å². The normalized spacial score (nSPS) is 8.31. The molecule has 0 aromatic heterocycles. The number of hydrogen-bond acceptors (Lipinski definition) is 2. The van der Waals surface area contributed by atoms with Crippen LogP contribution in [0.15, 0.2) is 18.2 Å². The smallest absolute Gasteiger partial charge is 0.386 e. The lowest BCUT2D eigenvalue weighted by Crippen LogP contribution is -3.00. The van der Waals surface area contributed by atoms with Gasteiger partial charge in [-0.3, -0.25) is 0 Å². The highest BCUT2D eigenvalue weighted by atomic mass is 35.5. The van der Waals surface area contributed by atoms with Crippen LogP contribution in [0, 0.1) is 5.39 Å².